The summed E-state index contributed by atoms with van der Waals surface area (Å²) in [7, 11) is 1.57. The van der Waals surface area contributed by atoms with E-state index < -0.39 is 23.6 Å². The SMILES string of the molecule is C=CCOc1ccccc1C(=O)Cn1c(=O)c2c(nc(N3CCCC(N)C3)n2CC=C(C)C)n(C)c1=O. The Morgan fingerprint density at radius 2 is 2.00 bits per heavy atom. The van der Waals surface area contributed by atoms with Crippen molar-refractivity contribution in [2.45, 2.75) is 45.8 Å². The van der Waals surface area contributed by atoms with Gasteiger partial charge in [-0.05, 0) is 38.8 Å². The van der Waals surface area contributed by atoms with E-state index in [9.17, 15) is 14.4 Å². The number of allylic oxidation sites excluding steroid dienone is 2. The summed E-state index contributed by atoms with van der Waals surface area (Å²) < 4.78 is 9.73. The molecule has 1 fully saturated rings. The van der Waals surface area contributed by atoms with Crippen LogP contribution in [0.3, 0.4) is 0 Å². The zero-order chi connectivity index (χ0) is 26.7. The number of piperidine rings is 1. The van der Waals surface area contributed by atoms with Gasteiger partial charge in [0.25, 0.3) is 5.56 Å². The summed E-state index contributed by atoms with van der Waals surface area (Å²) in [6, 6.07) is 6.76. The number of imidazole rings is 1. The van der Waals surface area contributed by atoms with E-state index in [0.29, 0.717) is 30.4 Å². The summed E-state index contributed by atoms with van der Waals surface area (Å²) in [6.45, 7) is 9.17. The van der Waals surface area contributed by atoms with Crippen molar-refractivity contribution in [2.24, 2.45) is 12.8 Å². The maximum absolute atomic E-state index is 13.8. The Kier molecular flexibility index (Phi) is 7.77. The minimum atomic E-state index is -0.607. The summed E-state index contributed by atoms with van der Waals surface area (Å²) >= 11 is 0. The van der Waals surface area contributed by atoms with E-state index >= 15 is 0 Å². The molecule has 0 aliphatic carbocycles. The van der Waals surface area contributed by atoms with Gasteiger partial charge in [0.1, 0.15) is 12.4 Å². The van der Waals surface area contributed by atoms with Crippen molar-refractivity contribution in [3.05, 3.63) is 75.0 Å². The quantitative estimate of drug-likeness (QED) is 0.349. The molecule has 2 aromatic heterocycles. The Labute approximate surface area is 215 Å². The van der Waals surface area contributed by atoms with Gasteiger partial charge >= 0.3 is 5.69 Å². The van der Waals surface area contributed by atoms with E-state index in [4.69, 9.17) is 15.5 Å². The van der Waals surface area contributed by atoms with E-state index in [1.807, 2.05) is 24.5 Å². The zero-order valence-electron chi connectivity index (χ0n) is 21.6. The molecule has 0 bridgehead atoms. The maximum Gasteiger partial charge on any atom is 0.332 e. The number of Topliss-reactive ketones (excluding diaryl/α,β-unsaturated/α-hetero) is 1. The van der Waals surface area contributed by atoms with Crippen molar-refractivity contribution in [1.82, 2.24) is 18.7 Å². The number of aromatic nitrogens is 4. The Hall–Kier alpha value is -3.92. The van der Waals surface area contributed by atoms with Gasteiger partial charge in [0.05, 0.1) is 12.1 Å². The van der Waals surface area contributed by atoms with Gasteiger partial charge in [-0.25, -0.2) is 4.79 Å². The predicted octanol–water partition coefficient (Wildman–Crippen LogP) is 2.24. The van der Waals surface area contributed by atoms with Crippen LogP contribution in [0.2, 0.25) is 0 Å². The fraction of sp³-hybridized carbons (Fsp3) is 0.407. The lowest BCUT2D eigenvalue weighted by Gasteiger charge is -2.31. The molecule has 1 saturated heterocycles. The number of hydrogen-bond acceptors (Lipinski definition) is 7. The van der Waals surface area contributed by atoms with Crippen LogP contribution in [-0.2, 0) is 20.1 Å². The van der Waals surface area contributed by atoms with Crippen LogP contribution in [0.5, 0.6) is 5.75 Å². The van der Waals surface area contributed by atoms with Crippen LogP contribution in [-0.4, -0.2) is 50.2 Å². The summed E-state index contributed by atoms with van der Waals surface area (Å²) in [5, 5.41) is 0. The molecular weight excluding hydrogens is 472 g/mol. The minimum absolute atomic E-state index is 0.00643. The second-order valence-electron chi connectivity index (χ2n) is 9.58. The number of rotatable bonds is 9. The molecule has 1 aromatic carbocycles. The van der Waals surface area contributed by atoms with Gasteiger partial charge in [0.15, 0.2) is 16.9 Å². The molecule has 3 heterocycles. The number of benzene rings is 1. The highest BCUT2D eigenvalue weighted by atomic mass is 16.5. The Balaban J connectivity index is 1.84. The van der Waals surface area contributed by atoms with Crippen molar-refractivity contribution in [3.8, 4) is 5.75 Å². The van der Waals surface area contributed by atoms with Crippen LogP contribution < -0.4 is 26.6 Å². The first kappa shape index (κ1) is 26.2. The number of nitrogens with two attached hydrogens (primary N) is 1. The second-order valence-corrected chi connectivity index (χ2v) is 9.58. The molecule has 3 aromatic rings. The van der Waals surface area contributed by atoms with E-state index in [2.05, 4.69) is 11.5 Å². The van der Waals surface area contributed by atoms with Crippen molar-refractivity contribution >= 4 is 22.9 Å². The van der Waals surface area contributed by atoms with Gasteiger partial charge in [-0.3, -0.25) is 18.7 Å². The topological polar surface area (TPSA) is 117 Å². The molecule has 1 unspecified atom stereocenters. The second kappa shape index (κ2) is 11.0. The van der Waals surface area contributed by atoms with Crippen LogP contribution >= 0.6 is 0 Å². The number of anilines is 1. The molecule has 0 spiro atoms. The lowest BCUT2D eigenvalue weighted by atomic mass is 10.1. The monoisotopic (exact) mass is 506 g/mol. The summed E-state index contributed by atoms with van der Waals surface area (Å²) in [5.74, 6) is 0.563. The molecule has 10 heteroatoms. The third kappa shape index (κ3) is 5.29. The molecule has 4 rings (SSSR count). The number of ketones is 1. The lowest BCUT2D eigenvalue weighted by molar-refractivity contribution is 0.0965. The zero-order valence-corrected chi connectivity index (χ0v) is 21.6. The van der Waals surface area contributed by atoms with Gasteiger partial charge in [0, 0.05) is 32.7 Å². The molecule has 0 radical (unpaired) electrons. The van der Waals surface area contributed by atoms with Gasteiger partial charge in [-0.2, -0.15) is 4.98 Å². The average molecular weight is 507 g/mol. The van der Waals surface area contributed by atoms with Crippen molar-refractivity contribution in [3.63, 3.8) is 0 Å². The minimum Gasteiger partial charge on any atom is -0.489 e. The molecule has 2 N–H and O–H groups in total. The first-order valence-corrected chi connectivity index (χ1v) is 12.4. The summed E-state index contributed by atoms with van der Waals surface area (Å²) in [4.78, 5) is 47.1. The molecule has 0 saturated carbocycles. The molecule has 196 valence electrons. The van der Waals surface area contributed by atoms with Gasteiger partial charge in [-0.1, -0.05) is 36.4 Å². The van der Waals surface area contributed by atoms with E-state index in [-0.39, 0.29) is 23.8 Å². The highest BCUT2D eigenvalue weighted by Gasteiger charge is 2.27. The number of hydrogen-bond donors (Lipinski definition) is 1. The largest absolute Gasteiger partial charge is 0.489 e. The Bertz CT molecular complexity index is 1470. The van der Waals surface area contributed by atoms with Crippen molar-refractivity contribution in [1.29, 1.82) is 0 Å². The van der Waals surface area contributed by atoms with E-state index in [1.165, 1.54) is 4.57 Å². The Morgan fingerprint density at radius 1 is 1.24 bits per heavy atom. The number of fused-ring (bicyclic) bond motifs is 1. The molecular formula is C27H34N6O4. The smallest absolute Gasteiger partial charge is 0.332 e. The third-order valence-electron chi connectivity index (χ3n) is 6.48. The molecule has 37 heavy (non-hydrogen) atoms. The summed E-state index contributed by atoms with van der Waals surface area (Å²) in [6.07, 6.45) is 5.42. The number of carbonyl (C=O) groups excluding carboxylic acids is 1. The van der Waals surface area contributed by atoms with Crippen LogP contribution in [0, 0.1) is 0 Å². The Morgan fingerprint density at radius 3 is 2.70 bits per heavy atom. The summed E-state index contributed by atoms with van der Waals surface area (Å²) in [5.41, 5.74) is 6.99. The molecule has 10 nitrogen and oxygen atoms in total. The van der Waals surface area contributed by atoms with E-state index in [1.54, 1.807) is 37.4 Å². The number of ether oxygens (including phenoxy) is 1. The van der Waals surface area contributed by atoms with Crippen LogP contribution in [0.15, 0.2) is 58.2 Å². The molecule has 0 amide bonds. The van der Waals surface area contributed by atoms with Crippen LogP contribution in [0.25, 0.3) is 11.2 Å². The predicted molar refractivity (Wildman–Crippen MR) is 145 cm³/mol. The molecule has 1 aliphatic rings. The fourth-order valence-corrected chi connectivity index (χ4v) is 4.58. The maximum atomic E-state index is 13.8. The number of carbonyl (C=O) groups is 1. The van der Waals surface area contributed by atoms with Crippen molar-refractivity contribution < 1.29 is 9.53 Å². The highest BCUT2D eigenvalue weighted by molar-refractivity contribution is 5.98. The van der Waals surface area contributed by atoms with Gasteiger partial charge in [-0.15, -0.1) is 0 Å². The fourth-order valence-electron chi connectivity index (χ4n) is 4.58. The lowest BCUT2D eigenvalue weighted by Crippen LogP contribution is -2.44. The molecule has 1 atom stereocenters. The first-order chi connectivity index (χ1) is 17.7. The third-order valence-corrected chi connectivity index (χ3v) is 6.48. The normalized spacial score (nSPS) is 15.6. The molecule has 1 aliphatic heterocycles. The van der Waals surface area contributed by atoms with Crippen LogP contribution in [0.4, 0.5) is 5.95 Å². The number of para-hydroxylation sites is 1. The van der Waals surface area contributed by atoms with Crippen molar-refractivity contribution in [2.75, 3.05) is 24.6 Å². The van der Waals surface area contributed by atoms with Gasteiger partial charge < -0.3 is 19.9 Å². The number of nitrogens with zero attached hydrogens (tertiary/aromatic N) is 5. The van der Waals surface area contributed by atoms with Crippen LogP contribution in [0.1, 0.15) is 37.0 Å². The standard InChI is InChI=1S/C27H34N6O4/c1-5-15-37-22-11-7-6-10-20(22)21(34)17-33-25(35)23-24(30(4)27(33)36)29-26(32(23)14-12-18(2)3)31-13-8-9-19(28)16-31/h5-7,10-12,19H,1,8-9,13-17,28H2,2-4H3. The number of aryl methyl sites for hydroxylation is 1. The average Bonchev–Trinajstić information content (AvgIpc) is 3.27. The van der Waals surface area contributed by atoms with Gasteiger partial charge in [0.2, 0.25) is 5.95 Å². The van der Waals surface area contributed by atoms with E-state index in [0.717, 1.165) is 29.5 Å². The highest BCUT2D eigenvalue weighted by Crippen LogP contribution is 2.24. The first-order valence-electron chi connectivity index (χ1n) is 12.4.